The summed E-state index contributed by atoms with van der Waals surface area (Å²) in [6.45, 7) is 5.04. The van der Waals surface area contributed by atoms with Crippen LogP contribution in [-0.4, -0.2) is 30.7 Å². The lowest BCUT2D eigenvalue weighted by Crippen LogP contribution is -2.28. The van der Waals surface area contributed by atoms with E-state index in [0.29, 0.717) is 24.9 Å². The molecule has 0 aromatic carbocycles. The van der Waals surface area contributed by atoms with Crippen molar-refractivity contribution < 1.29 is 13.3 Å². The zero-order valence-corrected chi connectivity index (χ0v) is 13.5. The molecular weight excluding hydrogens is 324 g/mol. The van der Waals surface area contributed by atoms with Gasteiger partial charge >= 0.3 is 0 Å². The van der Waals surface area contributed by atoms with Crippen molar-refractivity contribution in [3.63, 3.8) is 0 Å². The van der Waals surface area contributed by atoms with Gasteiger partial charge in [-0.2, -0.15) is 4.31 Å². The molecule has 112 valence electrons. The van der Waals surface area contributed by atoms with Gasteiger partial charge in [0.05, 0.1) is 4.92 Å². The molecule has 0 saturated carbocycles. The van der Waals surface area contributed by atoms with Gasteiger partial charge in [-0.05, 0) is 18.3 Å². The Morgan fingerprint density at radius 3 is 2.65 bits per heavy atom. The van der Waals surface area contributed by atoms with Crippen molar-refractivity contribution in [3.05, 3.63) is 20.5 Å². The lowest BCUT2D eigenvalue weighted by atomic mass is 9.96. The largest absolute Gasteiger partial charge is 0.300 e. The molecule has 1 aromatic heterocycles. The number of halogens is 1. The van der Waals surface area contributed by atoms with Crippen LogP contribution in [0.4, 0.5) is 5.69 Å². The second-order valence-electron chi connectivity index (χ2n) is 5.14. The summed E-state index contributed by atoms with van der Waals surface area (Å²) in [4.78, 5) is 10.1. The summed E-state index contributed by atoms with van der Waals surface area (Å²) >= 11 is 6.47. The molecular formula is C11H15ClN2O4S2. The van der Waals surface area contributed by atoms with Gasteiger partial charge in [0.1, 0.15) is 4.21 Å². The molecule has 0 aliphatic carbocycles. The highest BCUT2D eigenvalue weighted by atomic mass is 35.5. The first-order valence-corrected chi connectivity index (χ1v) is 8.80. The van der Waals surface area contributed by atoms with Gasteiger partial charge in [-0.1, -0.05) is 25.4 Å². The van der Waals surface area contributed by atoms with Crippen molar-refractivity contribution in [3.8, 4) is 0 Å². The van der Waals surface area contributed by atoms with Crippen LogP contribution in [0.2, 0.25) is 4.34 Å². The van der Waals surface area contributed by atoms with Crippen molar-refractivity contribution in [2.45, 2.75) is 24.5 Å². The Kier molecular flexibility index (Phi) is 4.38. The Morgan fingerprint density at radius 2 is 2.20 bits per heavy atom. The van der Waals surface area contributed by atoms with Gasteiger partial charge in [0.15, 0.2) is 4.34 Å². The van der Waals surface area contributed by atoms with E-state index < -0.39 is 14.9 Å². The van der Waals surface area contributed by atoms with Gasteiger partial charge in [-0.15, -0.1) is 11.3 Å². The summed E-state index contributed by atoms with van der Waals surface area (Å²) < 4.78 is 26.1. The van der Waals surface area contributed by atoms with E-state index in [1.54, 1.807) is 0 Å². The highest BCUT2D eigenvalue weighted by molar-refractivity contribution is 7.91. The second kappa shape index (κ2) is 5.59. The highest BCUT2D eigenvalue weighted by Crippen LogP contribution is 2.38. The Labute approximate surface area is 126 Å². The Morgan fingerprint density at radius 1 is 1.55 bits per heavy atom. The first-order chi connectivity index (χ1) is 9.23. The maximum atomic E-state index is 12.4. The quantitative estimate of drug-likeness (QED) is 0.624. The number of nitrogens with zero attached hydrogens (tertiary/aromatic N) is 2. The zero-order valence-electron chi connectivity index (χ0n) is 11.1. The third-order valence-corrected chi connectivity index (χ3v) is 7.22. The van der Waals surface area contributed by atoms with E-state index in [9.17, 15) is 18.5 Å². The average Bonchev–Trinajstić information content (AvgIpc) is 2.94. The van der Waals surface area contributed by atoms with Gasteiger partial charge in [0, 0.05) is 19.2 Å². The van der Waals surface area contributed by atoms with Gasteiger partial charge in [-0.3, -0.25) is 10.1 Å². The molecule has 1 fully saturated rings. The smallest absolute Gasteiger partial charge is 0.258 e. The molecule has 2 rings (SSSR count). The van der Waals surface area contributed by atoms with E-state index >= 15 is 0 Å². The van der Waals surface area contributed by atoms with E-state index in [0.717, 1.165) is 23.8 Å². The standard InChI is InChI=1S/C11H15ClN2O4S2/c1-7(2)8-3-4-13(6-8)20(17,18)10-5-9(14(15)16)11(12)19-10/h5,7-8H,3-4,6H2,1-2H3. The molecule has 6 nitrogen and oxygen atoms in total. The lowest BCUT2D eigenvalue weighted by Gasteiger charge is -2.16. The summed E-state index contributed by atoms with van der Waals surface area (Å²) in [6.07, 6.45) is 0.818. The van der Waals surface area contributed by atoms with Crippen LogP contribution in [0.3, 0.4) is 0 Å². The maximum absolute atomic E-state index is 12.4. The molecule has 9 heteroatoms. The number of sulfonamides is 1. The fraction of sp³-hybridized carbons (Fsp3) is 0.636. The van der Waals surface area contributed by atoms with Crippen LogP contribution in [0.5, 0.6) is 0 Å². The number of rotatable bonds is 4. The second-order valence-corrected chi connectivity index (χ2v) is 8.96. The molecule has 0 bridgehead atoms. The van der Waals surface area contributed by atoms with E-state index in [1.807, 2.05) is 0 Å². The highest BCUT2D eigenvalue weighted by Gasteiger charge is 2.36. The van der Waals surface area contributed by atoms with Gasteiger partial charge < -0.3 is 0 Å². The van der Waals surface area contributed by atoms with E-state index in [-0.39, 0.29) is 14.2 Å². The maximum Gasteiger partial charge on any atom is 0.300 e. The van der Waals surface area contributed by atoms with Crippen molar-refractivity contribution in [1.29, 1.82) is 0 Å². The summed E-state index contributed by atoms with van der Waals surface area (Å²) in [6, 6.07) is 1.05. The Bertz CT molecular complexity index is 626. The molecule has 1 aromatic rings. The van der Waals surface area contributed by atoms with Crippen molar-refractivity contribution in [1.82, 2.24) is 4.31 Å². The topological polar surface area (TPSA) is 80.5 Å². The molecule has 0 amide bonds. The predicted molar refractivity (Wildman–Crippen MR) is 77.7 cm³/mol. The molecule has 0 radical (unpaired) electrons. The van der Waals surface area contributed by atoms with Crippen molar-refractivity contribution in [2.24, 2.45) is 11.8 Å². The molecule has 1 aliphatic heterocycles. The third kappa shape index (κ3) is 2.83. The zero-order chi connectivity index (χ0) is 15.1. The fourth-order valence-electron chi connectivity index (χ4n) is 2.23. The lowest BCUT2D eigenvalue weighted by molar-refractivity contribution is -0.384. The number of hydrogen-bond donors (Lipinski definition) is 0. The van der Waals surface area contributed by atoms with Crippen LogP contribution in [0.1, 0.15) is 20.3 Å². The minimum absolute atomic E-state index is 0.0568. The van der Waals surface area contributed by atoms with Gasteiger partial charge in [0.2, 0.25) is 0 Å². The average molecular weight is 339 g/mol. The number of hydrogen-bond acceptors (Lipinski definition) is 5. The van der Waals surface area contributed by atoms with Crippen LogP contribution in [0.25, 0.3) is 0 Å². The fourth-order valence-corrected chi connectivity index (χ4v) is 5.57. The Hall–Kier alpha value is -0.700. The molecule has 1 unspecified atom stereocenters. The molecule has 1 atom stereocenters. The van der Waals surface area contributed by atoms with Crippen LogP contribution >= 0.6 is 22.9 Å². The predicted octanol–water partition coefficient (Wildman–Crippen LogP) is 2.98. The van der Waals surface area contributed by atoms with Gasteiger partial charge in [0.25, 0.3) is 15.7 Å². The molecule has 2 heterocycles. The molecule has 1 aliphatic rings. The first-order valence-electron chi connectivity index (χ1n) is 6.17. The normalized spacial score (nSPS) is 20.7. The van der Waals surface area contributed by atoms with E-state index in [2.05, 4.69) is 13.8 Å². The first kappa shape index (κ1) is 15.7. The van der Waals surface area contributed by atoms with Crippen LogP contribution in [-0.2, 0) is 10.0 Å². The molecule has 0 N–H and O–H groups in total. The van der Waals surface area contributed by atoms with Crippen LogP contribution in [0, 0.1) is 22.0 Å². The summed E-state index contributed by atoms with van der Waals surface area (Å²) in [7, 11) is -3.68. The number of thiophene rings is 1. The van der Waals surface area contributed by atoms with Crippen LogP contribution < -0.4 is 0 Å². The summed E-state index contributed by atoms with van der Waals surface area (Å²) in [5.74, 6) is 0.742. The molecule has 20 heavy (non-hydrogen) atoms. The monoisotopic (exact) mass is 338 g/mol. The SMILES string of the molecule is CC(C)C1CCN(S(=O)(=O)c2cc([N+](=O)[O-])c(Cl)s2)C1. The van der Waals surface area contributed by atoms with Crippen molar-refractivity contribution in [2.75, 3.05) is 13.1 Å². The van der Waals surface area contributed by atoms with E-state index in [4.69, 9.17) is 11.6 Å². The minimum Gasteiger partial charge on any atom is -0.258 e. The van der Waals surface area contributed by atoms with Crippen molar-refractivity contribution >= 4 is 38.6 Å². The van der Waals surface area contributed by atoms with E-state index in [1.165, 1.54) is 4.31 Å². The Balaban J connectivity index is 2.28. The minimum atomic E-state index is -3.68. The number of nitro groups is 1. The van der Waals surface area contributed by atoms with Gasteiger partial charge in [-0.25, -0.2) is 8.42 Å². The molecule has 1 saturated heterocycles. The van der Waals surface area contributed by atoms with Crippen LogP contribution in [0.15, 0.2) is 10.3 Å². The molecule has 0 spiro atoms. The summed E-state index contributed by atoms with van der Waals surface area (Å²) in [5, 5.41) is 10.7. The summed E-state index contributed by atoms with van der Waals surface area (Å²) in [5.41, 5.74) is -0.352. The third-order valence-electron chi connectivity index (χ3n) is 3.57.